The predicted octanol–water partition coefficient (Wildman–Crippen LogP) is 4.96. The standard InChI is InChI=1S/C33H39ClN4O7S/c1-6-17-35-21-22-9-15-26(29(19-22)44-5)33(37-18-7-8-30(37)45-32(40)36(2)3)27-20-23(34)10-16-28(27)38(31(33)39)46(41,42)25-13-11-24(43-4)12-14-25/h9-16,19-20,30,35H,6-8,17-18,21H2,1-5H3. The highest BCUT2D eigenvalue weighted by molar-refractivity contribution is 7.93. The van der Waals surface area contributed by atoms with Crippen molar-refractivity contribution in [1.82, 2.24) is 15.1 Å². The molecule has 5 rings (SSSR count). The molecule has 2 aliphatic heterocycles. The average molecular weight is 671 g/mol. The van der Waals surface area contributed by atoms with Gasteiger partial charge in [-0.1, -0.05) is 30.7 Å². The molecule has 1 N–H and O–H groups in total. The van der Waals surface area contributed by atoms with Crippen LogP contribution >= 0.6 is 11.6 Å². The third-order valence-corrected chi connectivity index (χ3v) is 10.2. The van der Waals surface area contributed by atoms with Crippen LogP contribution in [0, 0.1) is 0 Å². The van der Waals surface area contributed by atoms with Crippen molar-refractivity contribution in [1.29, 1.82) is 0 Å². The third kappa shape index (κ3) is 5.79. The highest BCUT2D eigenvalue weighted by Crippen LogP contribution is 2.55. The van der Waals surface area contributed by atoms with E-state index in [1.165, 1.54) is 49.5 Å². The Hall–Kier alpha value is -3.84. The number of hydrogen-bond donors (Lipinski definition) is 1. The summed E-state index contributed by atoms with van der Waals surface area (Å²) in [7, 11) is 1.69. The molecule has 3 aromatic carbocycles. The van der Waals surface area contributed by atoms with Gasteiger partial charge in [0.25, 0.3) is 15.9 Å². The van der Waals surface area contributed by atoms with Crippen molar-refractivity contribution < 1.29 is 32.2 Å². The zero-order valence-corrected chi connectivity index (χ0v) is 28.2. The van der Waals surface area contributed by atoms with Crippen molar-refractivity contribution in [3.63, 3.8) is 0 Å². The van der Waals surface area contributed by atoms with Crippen molar-refractivity contribution in [3.05, 3.63) is 82.4 Å². The molecule has 0 aliphatic carbocycles. The highest BCUT2D eigenvalue weighted by atomic mass is 35.5. The summed E-state index contributed by atoms with van der Waals surface area (Å²) in [5.41, 5.74) is 0.0214. The van der Waals surface area contributed by atoms with Gasteiger partial charge in [-0.25, -0.2) is 22.4 Å². The molecule has 0 bridgehead atoms. The van der Waals surface area contributed by atoms with Gasteiger partial charge in [0, 0.05) is 43.3 Å². The molecule has 2 atom stereocenters. The second kappa shape index (κ2) is 13.5. The summed E-state index contributed by atoms with van der Waals surface area (Å²) < 4.78 is 46.7. The number of hydrogen-bond acceptors (Lipinski definition) is 9. The van der Waals surface area contributed by atoms with E-state index in [0.29, 0.717) is 53.6 Å². The molecule has 0 spiro atoms. The SMILES string of the molecule is CCCNCc1ccc(C2(N3CCCC3OC(=O)N(C)C)C(=O)N(S(=O)(=O)c3ccc(OC)cc3)c3ccc(Cl)cc32)c(OC)c1. The summed E-state index contributed by atoms with van der Waals surface area (Å²) in [6.45, 7) is 3.79. The van der Waals surface area contributed by atoms with E-state index < -0.39 is 33.8 Å². The van der Waals surface area contributed by atoms with Crippen molar-refractivity contribution in [2.75, 3.05) is 45.7 Å². The van der Waals surface area contributed by atoms with Gasteiger partial charge in [-0.15, -0.1) is 0 Å². The number of carbonyl (C=O) groups excluding carboxylic acids is 2. The number of fused-ring (bicyclic) bond motifs is 1. The fourth-order valence-electron chi connectivity index (χ4n) is 6.15. The van der Waals surface area contributed by atoms with Gasteiger partial charge in [0.15, 0.2) is 11.8 Å². The zero-order chi connectivity index (χ0) is 33.2. The topological polar surface area (TPSA) is 118 Å². The van der Waals surface area contributed by atoms with Crippen LogP contribution in [0.2, 0.25) is 5.02 Å². The molecule has 46 heavy (non-hydrogen) atoms. The monoisotopic (exact) mass is 670 g/mol. The minimum Gasteiger partial charge on any atom is -0.497 e. The Bertz CT molecular complexity index is 1720. The van der Waals surface area contributed by atoms with Gasteiger partial charge >= 0.3 is 6.09 Å². The van der Waals surface area contributed by atoms with Gasteiger partial charge in [-0.05, 0) is 79.9 Å². The summed E-state index contributed by atoms with van der Waals surface area (Å²) in [6.07, 6.45) is 0.533. The number of amides is 2. The minimum absolute atomic E-state index is 0.0975. The number of halogens is 1. The number of methoxy groups -OCH3 is 2. The molecular weight excluding hydrogens is 632 g/mol. The van der Waals surface area contributed by atoms with E-state index in [4.69, 9.17) is 25.8 Å². The van der Waals surface area contributed by atoms with Gasteiger partial charge in [0.1, 0.15) is 11.5 Å². The van der Waals surface area contributed by atoms with Crippen molar-refractivity contribution >= 4 is 39.3 Å². The summed E-state index contributed by atoms with van der Waals surface area (Å²) in [4.78, 5) is 31.1. The molecule has 3 aromatic rings. The average Bonchev–Trinajstić information content (AvgIpc) is 3.60. The largest absolute Gasteiger partial charge is 0.497 e. The molecule has 13 heteroatoms. The quantitative estimate of drug-likeness (QED) is 0.283. The lowest BCUT2D eigenvalue weighted by molar-refractivity contribution is -0.132. The number of anilines is 1. The van der Waals surface area contributed by atoms with Crippen LogP contribution in [-0.4, -0.2) is 77.9 Å². The van der Waals surface area contributed by atoms with Gasteiger partial charge in [-0.3, -0.25) is 4.79 Å². The van der Waals surface area contributed by atoms with Crippen LogP contribution in [0.3, 0.4) is 0 Å². The van der Waals surface area contributed by atoms with Gasteiger partial charge in [0.2, 0.25) is 0 Å². The molecule has 2 heterocycles. The Kier molecular flexibility index (Phi) is 9.83. The first-order valence-electron chi connectivity index (χ1n) is 15.1. The molecule has 0 saturated carbocycles. The summed E-state index contributed by atoms with van der Waals surface area (Å²) >= 11 is 6.59. The molecule has 0 radical (unpaired) electrons. The van der Waals surface area contributed by atoms with Crippen LogP contribution in [-0.2, 0) is 31.6 Å². The number of benzene rings is 3. The summed E-state index contributed by atoms with van der Waals surface area (Å²) in [5, 5.41) is 3.68. The number of nitrogens with one attached hydrogen (secondary N) is 1. The van der Waals surface area contributed by atoms with Crippen molar-refractivity contribution in [3.8, 4) is 11.5 Å². The zero-order valence-electron chi connectivity index (χ0n) is 26.6. The molecular formula is C33H39ClN4O7S. The van der Waals surface area contributed by atoms with Crippen LogP contribution in [0.15, 0.2) is 65.6 Å². The maximum absolute atomic E-state index is 15.3. The van der Waals surface area contributed by atoms with Crippen LogP contribution in [0.5, 0.6) is 11.5 Å². The minimum atomic E-state index is -4.45. The lowest BCUT2D eigenvalue weighted by Crippen LogP contribution is -2.57. The first kappa shape index (κ1) is 33.5. The lowest BCUT2D eigenvalue weighted by atomic mass is 9.81. The van der Waals surface area contributed by atoms with Crippen molar-refractivity contribution in [2.24, 2.45) is 0 Å². The van der Waals surface area contributed by atoms with Gasteiger partial charge in [0.05, 0.1) is 24.8 Å². The Morgan fingerprint density at radius 2 is 1.78 bits per heavy atom. The molecule has 2 amide bonds. The van der Waals surface area contributed by atoms with E-state index in [1.54, 1.807) is 37.2 Å². The molecule has 2 aliphatic rings. The smallest absolute Gasteiger partial charge is 0.410 e. The Labute approximate surface area is 275 Å². The molecule has 11 nitrogen and oxygen atoms in total. The Morgan fingerprint density at radius 1 is 1.04 bits per heavy atom. The first-order chi connectivity index (χ1) is 22.0. The van der Waals surface area contributed by atoms with E-state index >= 15 is 4.79 Å². The van der Waals surface area contributed by atoms with E-state index in [9.17, 15) is 13.2 Å². The van der Waals surface area contributed by atoms with E-state index in [-0.39, 0.29) is 10.6 Å². The normalized spacial score (nSPS) is 19.7. The third-order valence-electron chi connectivity index (χ3n) is 8.30. The Morgan fingerprint density at radius 3 is 2.43 bits per heavy atom. The number of carbonyl (C=O) groups is 2. The highest BCUT2D eigenvalue weighted by Gasteiger charge is 2.63. The first-order valence-corrected chi connectivity index (χ1v) is 16.9. The summed E-state index contributed by atoms with van der Waals surface area (Å²) in [6, 6.07) is 16.0. The molecule has 2 unspecified atom stereocenters. The fourth-order valence-corrected chi connectivity index (χ4v) is 7.78. The number of likely N-dealkylation sites (tertiary alicyclic amines) is 1. The van der Waals surface area contributed by atoms with Gasteiger partial charge < -0.3 is 24.4 Å². The predicted molar refractivity (Wildman–Crippen MR) is 175 cm³/mol. The number of rotatable bonds is 11. The van der Waals surface area contributed by atoms with Crippen LogP contribution in [0.25, 0.3) is 0 Å². The van der Waals surface area contributed by atoms with Crippen LogP contribution in [0.1, 0.15) is 42.9 Å². The maximum Gasteiger partial charge on any atom is 0.410 e. The Balaban J connectivity index is 1.77. The van der Waals surface area contributed by atoms with Crippen LogP contribution < -0.4 is 19.1 Å². The van der Waals surface area contributed by atoms with Gasteiger partial charge in [-0.2, -0.15) is 0 Å². The number of nitrogens with zero attached hydrogens (tertiary/aromatic N) is 3. The molecule has 1 fully saturated rings. The molecule has 246 valence electrons. The number of ether oxygens (including phenoxy) is 3. The molecule has 1 saturated heterocycles. The van der Waals surface area contributed by atoms with E-state index in [0.717, 1.165) is 22.8 Å². The fraction of sp³-hybridized carbons (Fsp3) is 0.394. The van der Waals surface area contributed by atoms with Crippen LogP contribution in [0.4, 0.5) is 10.5 Å². The summed E-state index contributed by atoms with van der Waals surface area (Å²) in [5.74, 6) is 0.0843. The van der Waals surface area contributed by atoms with E-state index in [1.807, 2.05) is 12.1 Å². The molecule has 0 aromatic heterocycles. The lowest BCUT2D eigenvalue weighted by Gasteiger charge is -2.41. The van der Waals surface area contributed by atoms with Crippen molar-refractivity contribution in [2.45, 2.75) is 49.4 Å². The van der Waals surface area contributed by atoms with E-state index in [2.05, 4.69) is 12.2 Å². The number of sulfonamides is 1. The second-order valence-electron chi connectivity index (χ2n) is 11.4. The second-order valence-corrected chi connectivity index (χ2v) is 13.6. The maximum atomic E-state index is 15.3.